The van der Waals surface area contributed by atoms with Gasteiger partial charge in [0.05, 0.1) is 5.92 Å². The molecule has 5 heteroatoms. The van der Waals surface area contributed by atoms with Crippen molar-refractivity contribution in [2.45, 2.75) is 63.5 Å². The summed E-state index contributed by atoms with van der Waals surface area (Å²) in [6, 6.07) is 0. The van der Waals surface area contributed by atoms with E-state index in [2.05, 4.69) is 5.32 Å². The fourth-order valence-electron chi connectivity index (χ4n) is 4.18. The third-order valence-corrected chi connectivity index (χ3v) is 5.40. The Bertz CT molecular complexity index is 482. The van der Waals surface area contributed by atoms with Crippen LogP contribution in [0.2, 0.25) is 0 Å². The maximum atomic E-state index is 12.9. The van der Waals surface area contributed by atoms with Crippen molar-refractivity contribution < 1.29 is 19.1 Å². The smallest absolute Gasteiger partial charge is 0.344 e. The molecule has 2 heterocycles. The fourth-order valence-corrected chi connectivity index (χ4v) is 4.18. The summed E-state index contributed by atoms with van der Waals surface area (Å²) >= 11 is 0. The molecule has 20 heavy (non-hydrogen) atoms. The minimum atomic E-state index is -1.41. The molecule has 5 nitrogen and oxygen atoms in total. The lowest BCUT2D eigenvalue weighted by molar-refractivity contribution is -0.219. The van der Waals surface area contributed by atoms with E-state index in [1.54, 1.807) is 6.92 Å². The van der Waals surface area contributed by atoms with Gasteiger partial charge in [0, 0.05) is 5.92 Å². The van der Waals surface area contributed by atoms with Gasteiger partial charge in [-0.25, -0.2) is 4.79 Å². The van der Waals surface area contributed by atoms with Gasteiger partial charge in [0.25, 0.3) is 0 Å². The Morgan fingerprint density at radius 1 is 1.30 bits per heavy atom. The zero-order chi connectivity index (χ0) is 14.5. The third kappa shape index (κ3) is 1.41. The maximum absolute atomic E-state index is 12.9. The van der Waals surface area contributed by atoms with E-state index in [4.69, 9.17) is 4.74 Å². The Balaban J connectivity index is 1.95. The highest BCUT2D eigenvalue weighted by Crippen LogP contribution is 2.52. The average molecular weight is 279 g/mol. The van der Waals surface area contributed by atoms with Gasteiger partial charge < -0.3 is 10.1 Å². The highest BCUT2D eigenvalue weighted by molar-refractivity contribution is 6.20. The Hall–Kier alpha value is -1.39. The summed E-state index contributed by atoms with van der Waals surface area (Å²) in [6.45, 7) is 3.60. The van der Waals surface area contributed by atoms with Gasteiger partial charge in [-0.3, -0.25) is 9.59 Å². The Morgan fingerprint density at radius 2 is 1.95 bits per heavy atom. The van der Waals surface area contributed by atoms with Gasteiger partial charge in [0.2, 0.25) is 11.4 Å². The molecule has 0 aromatic rings. The second-order valence-corrected chi connectivity index (χ2v) is 6.40. The summed E-state index contributed by atoms with van der Waals surface area (Å²) in [5.41, 5.74) is -2.41. The first-order chi connectivity index (χ1) is 9.47. The van der Waals surface area contributed by atoms with Crippen LogP contribution in [0.4, 0.5) is 0 Å². The minimum absolute atomic E-state index is 0.119. The molecule has 0 bridgehead atoms. The van der Waals surface area contributed by atoms with Crippen LogP contribution in [0.15, 0.2) is 0 Å². The zero-order valence-corrected chi connectivity index (χ0v) is 12.0. The minimum Gasteiger partial charge on any atom is -0.453 e. The molecule has 3 rings (SSSR count). The normalized spacial score (nSPS) is 40.6. The lowest BCUT2D eigenvalue weighted by Crippen LogP contribution is -2.78. The van der Waals surface area contributed by atoms with E-state index in [1.165, 1.54) is 0 Å². The van der Waals surface area contributed by atoms with E-state index < -0.39 is 23.0 Å². The van der Waals surface area contributed by atoms with Crippen molar-refractivity contribution in [3.05, 3.63) is 0 Å². The molecule has 2 saturated heterocycles. The number of fused-ring (bicyclic) bond motifs is 1. The number of ether oxygens (including phenoxy) is 1. The first-order valence-electron chi connectivity index (χ1n) is 7.57. The second kappa shape index (κ2) is 4.30. The van der Waals surface area contributed by atoms with Crippen LogP contribution < -0.4 is 5.32 Å². The number of carbonyl (C=O) groups is 3. The van der Waals surface area contributed by atoms with Crippen LogP contribution >= 0.6 is 0 Å². The van der Waals surface area contributed by atoms with E-state index in [9.17, 15) is 14.4 Å². The summed E-state index contributed by atoms with van der Waals surface area (Å²) < 4.78 is 5.30. The lowest BCUT2D eigenvalue weighted by Gasteiger charge is -2.51. The second-order valence-electron chi connectivity index (χ2n) is 6.40. The molecule has 1 saturated carbocycles. The van der Waals surface area contributed by atoms with E-state index in [0.717, 1.165) is 32.1 Å². The highest BCUT2D eigenvalue weighted by Gasteiger charge is 2.79. The molecule has 0 aromatic carbocycles. The Kier molecular flexibility index (Phi) is 2.92. The fraction of sp³-hybridized carbons (Fsp3) is 0.800. The summed E-state index contributed by atoms with van der Waals surface area (Å²) in [5.74, 6) is -1.47. The summed E-state index contributed by atoms with van der Waals surface area (Å²) in [5, 5.41) is 2.69. The molecular formula is C15H21NO4. The first kappa shape index (κ1) is 13.6. The number of Topliss-reactive ketones (excluding diaryl/α,β-unsaturated/α-hetero) is 1. The Labute approximate surface area is 118 Å². The van der Waals surface area contributed by atoms with Crippen molar-refractivity contribution in [3.8, 4) is 0 Å². The number of rotatable bonds is 3. The number of nitrogens with one attached hydrogen (secondary N) is 1. The number of hydrogen-bond donors (Lipinski definition) is 1. The number of amides is 1. The van der Waals surface area contributed by atoms with Crippen LogP contribution in [-0.4, -0.2) is 28.8 Å². The monoisotopic (exact) mass is 279 g/mol. The van der Waals surface area contributed by atoms with Crippen molar-refractivity contribution in [3.63, 3.8) is 0 Å². The van der Waals surface area contributed by atoms with Crippen LogP contribution in [0.5, 0.6) is 0 Å². The number of hydrogen-bond acceptors (Lipinski definition) is 4. The molecule has 0 aromatic heterocycles. The summed E-state index contributed by atoms with van der Waals surface area (Å²) in [4.78, 5) is 37.1. The molecular weight excluding hydrogens is 258 g/mol. The van der Waals surface area contributed by atoms with Crippen LogP contribution in [0, 0.1) is 11.8 Å². The van der Waals surface area contributed by atoms with E-state index >= 15 is 0 Å². The highest BCUT2D eigenvalue weighted by atomic mass is 16.6. The van der Waals surface area contributed by atoms with Crippen molar-refractivity contribution >= 4 is 17.7 Å². The first-order valence-corrected chi connectivity index (χ1v) is 7.57. The van der Waals surface area contributed by atoms with Gasteiger partial charge in [0.1, 0.15) is 0 Å². The largest absolute Gasteiger partial charge is 0.453 e. The molecule has 1 amide bonds. The van der Waals surface area contributed by atoms with Gasteiger partial charge in [-0.05, 0) is 26.2 Å². The van der Waals surface area contributed by atoms with E-state index in [0.29, 0.717) is 6.42 Å². The van der Waals surface area contributed by atoms with Crippen LogP contribution in [0.25, 0.3) is 0 Å². The van der Waals surface area contributed by atoms with Gasteiger partial charge in [-0.15, -0.1) is 0 Å². The molecule has 3 aliphatic rings. The van der Waals surface area contributed by atoms with Gasteiger partial charge >= 0.3 is 5.97 Å². The van der Waals surface area contributed by atoms with Crippen molar-refractivity contribution in [2.75, 3.05) is 0 Å². The average Bonchev–Trinajstić information content (AvgIpc) is 2.62. The third-order valence-electron chi connectivity index (χ3n) is 5.40. The Morgan fingerprint density at radius 3 is 2.50 bits per heavy atom. The standard InChI is InChI=1S/C15H21NO4/c1-3-10-12(18)16-15(13(19)20-14(10,15)2)11(17)9-7-5-4-6-8-9/h9-10H,3-8H2,1-2H3,(H,16,18). The van der Waals surface area contributed by atoms with Crippen molar-refractivity contribution in [1.82, 2.24) is 5.32 Å². The van der Waals surface area contributed by atoms with E-state index in [1.807, 2.05) is 6.92 Å². The molecule has 1 N–H and O–H groups in total. The number of carbonyl (C=O) groups excluding carboxylic acids is 3. The van der Waals surface area contributed by atoms with Crippen LogP contribution in [-0.2, 0) is 19.1 Å². The number of esters is 1. The molecule has 0 spiro atoms. The molecule has 2 aliphatic heterocycles. The van der Waals surface area contributed by atoms with Gasteiger partial charge in [-0.1, -0.05) is 26.2 Å². The number of ketones is 1. The quantitative estimate of drug-likeness (QED) is 0.625. The molecule has 1 aliphatic carbocycles. The summed E-state index contributed by atoms with van der Waals surface area (Å²) in [7, 11) is 0. The molecule has 3 atom stereocenters. The topological polar surface area (TPSA) is 72.5 Å². The van der Waals surface area contributed by atoms with Crippen LogP contribution in [0.3, 0.4) is 0 Å². The van der Waals surface area contributed by atoms with Crippen molar-refractivity contribution in [1.29, 1.82) is 0 Å². The molecule has 0 radical (unpaired) electrons. The van der Waals surface area contributed by atoms with Crippen molar-refractivity contribution in [2.24, 2.45) is 11.8 Å². The maximum Gasteiger partial charge on any atom is 0.344 e. The lowest BCUT2D eigenvalue weighted by atomic mass is 9.65. The molecule has 3 unspecified atom stereocenters. The van der Waals surface area contributed by atoms with Crippen LogP contribution in [0.1, 0.15) is 52.4 Å². The zero-order valence-electron chi connectivity index (χ0n) is 12.0. The van der Waals surface area contributed by atoms with Gasteiger partial charge in [-0.2, -0.15) is 0 Å². The van der Waals surface area contributed by atoms with Gasteiger partial charge in [0.15, 0.2) is 11.4 Å². The summed E-state index contributed by atoms with van der Waals surface area (Å²) in [6.07, 6.45) is 5.37. The van der Waals surface area contributed by atoms with E-state index in [-0.39, 0.29) is 17.6 Å². The molecule has 110 valence electrons. The SMILES string of the molecule is CCC1C(=O)NC2(C(=O)C3CCCCC3)C(=O)OC12C. The predicted octanol–water partition coefficient (Wildman–Crippen LogP) is 1.35. The predicted molar refractivity (Wildman–Crippen MR) is 70.7 cm³/mol. The molecule has 3 fully saturated rings.